The van der Waals surface area contributed by atoms with E-state index in [1.54, 1.807) is 24.5 Å². The fourth-order valence-electron chi connectivity index (χ4n) is 4.15. The van der Waals surface area contributed by atoms with Gasteiger partial charge in [-0.3, -0.25) is 4.98 Å². The van der Waals surface area contributed by atoms with Gasteiger partial charge in [-0.2, -0.15) is 0 Å². The van der Waals surface area contributed by atoms with Crippen LogP contribution in [-0.2, 0) is 5.60 Å². The van der Waals surface area contributed by atoms with Gasteiger partial charge in [0.2, 0.25) is 0 Å². The Morgan fingerprint density at radius 2 is 1.88 bits per heavy atom. The van der Waals surface area contributed by atoms with E-state index in [0.29, 0.717) is 18.5 Å². The third kappa shape index (κ3) is 2.98. The summed E-state index contributed by atoms with van der Waals surface area (Å²) in [6.45, 7) is 0. The van der Waals surface area contributed by atoms with E-state index >= 15 is 0 Å². The number of anilines is 1. The van der Waals surface area contributed by atoms with Crippen molar-refractivity contribution in [1.82, 2.24) is 9.88 Å². The molecule has 0 unspecified atom stereocenters. The molecule has 2 aromatic rings. The van der Waals surface area contributed by atoms with E-state index in [4.69, 9.17) is 0 Å². The first-order chi connectivity index (χ1) is 12.0. The Hall–Kier alpha value is -2.47. The number of carbonyl (C=O) groups excluding carboxylic acids is 1. The van der Waals surface area contributed by atoms with Crippen molar-refractivity contribution < 1.29 is 14.3 Å². The number of rotatable bonds is 2. The van der Waals surface area contributed by atoms with Crippen LogP contribution in [0.3, 0.4) is 0 Å². The highest BCUT2D eigenvalue weighted by molar-refractivity contribution is 5.90. The van der Waals surface area contributed by atoms with Gasteiger partial charge in [0, 0.05) is 48.6 Å². The molecule has 2 saturated heterocycles. The van der Waals surface area contributed by atoms with Crippen molar-refractivity contribution >= 4 is 11.7 Å². The number of amides is 2. The molecule has 1 aromatic carbocycles. The molecule has 1 aromatic heterocycles. The standard InChI is InChI=1S/C19H20FN3O2/c20-14-3-5-15(6-4-14)22-18(24)23-16-7-8-17(23)11-19(25,10-16)13-2-1-9-21-12-13/h1-6,9,12,16-17,25H,7-8,10-11H2,(H,22,24)/t16-,17-/m1/s1. The lowest BCUT2D eigenvalue weighted by Gasteiger charge is -2.43. The predicted octanol–water partition coefficient (Wildman–Crippen LogP) is 3.27. The summed E-state index contributed by atoms with van der Waals surface area (Å²) >= 11 is 0. The van der Waals surface area contributed by atoms with Crippen molar-refractivity contribution in [2.24, 2.45) is 0 Å². The van der Waals surface area contributed by atoms with Gasteiger partial charge in [0.15, 0.2) is 0 Å². The highest BCUT2D eigenvalue weighted by Gasteiger charge is 2.50. The second kappa shape index (κ2) is 6.11. The van der Waals surface area contributed by atoms with E-state index in [1.807, 2.05) is 17.0 Å². The number of pyridine rings is 1. The number of benzene rings is 1. The average molecular weight is 341 g/mol. The smallest absolute Gasteiger partial charge is 0.322 e. The lowest BCUT2D eigenvalue weighted by atomic mass is 9.81. The summed E-state index contributed by atoms with van der Waals surface area (Å²) in [6, 6.07) is 9.24. The molecule has 2 aliphatic heterocycles. The molecule has 2 atom stereocenters. The molecule has 2 bridgehead atoms. The first kappa shape index (κ1) is 16.0. The maximum Gasteiger partial charge on any atom is 0.322 e. The lowest BCUT2D eigenvalue weighted by Crippen LogP contribution is -2.53. The summed E-state index contributed by atoms with van der Waals surface area (Å²) in [5.41, 5.74) is 0.441. The molecule has 6 heteroatoms. The minimum Gasteiger partial charge on any atom is -0.385 e. The third-order valence-corrected chi connectivity index (χ3v) is 5.30. The highest BCUT2D eigenvalue weighted by atomic mass is 19.1. The molecule has 2 fully saturated rings. The first-order valence-corrected chi connectivity index (χ1v) is 8.53. The van der Waals surface area contributed by atoms with E-state index in [-0.39, 0.29) is 23.9 Å². The molecule has 4 rings (SSSR count). The molecule has 2 amide bonds. The van der Waals surface area contributed by atoms with Crippen LogP contribution in [0.4, 0.5) is 14.9 Å². The quantitative estimate of drug-likeness (QED) is 0.881. The molecule has 0 aliphatic carbocycles. The topological polar surface area (TPSA) is 65.5 Å². The number of aromatic nitrogens is 1. The van der Waals surface area contributed by atoms with Crippen molar-refractivity contribution in [2.75, 3.05) is 5.32 Å². The Morgan fingerprint density at radius 1 is 1.20 bits per heavy atom. The van der Waals surface area contributed by atoms with Crippen LogP contribution < -0.4 is 5.32 Å². The summed E-state index contributed by atoms with van der Waals surface area (Å²) in [4.78, 5) is 18.6. The summed E-state index contributed by atoms with van der Waals surface area (Å²) in [6.07, 6.45) is 6.16. The molecular weight excluding hydrogens is 321 g/mol. The van der Waals surface area contributed by atoms with Crippen LogP contribution >= 0.6 is 0 Å². The first-order valence-electron chi connectivity index (χ1n) is 8.53. The van der Waals surface area contributed by atoms with Crippen LogP contribution in [0.25, 0.3) is 0 Å². The minimum absolute atomic E-state index is 0.00981. The zero-order valence-electron chi connectivity index (χ0n) is 13.7. The maximum atomic E-state index is 13.0. The molecule has 0 spiro atoms. The number of nitrogens with zero attached hydrogens (tertiary/aromatic N) is 2. The number of halogens is 1. The van der Waals surface area contributed by atoms with Crippen LogP contribution in [0.5, 0.6) is 0 Å². The van der Waals surface area contributed by atoms with E-state index in [1.165, 1.54) is 12.1 Å². The normalized spacial score (nSPS) is 28.0. The van der Waals surface area contributed by atoms with E-state index < -0.39 is 5.60 Å². The van der Waals surface area contributed by atoms with Gasteiger partial charge in [0.05, 0.1) is 5.60 Å². The second-order valence-corrected chi connectivity index (χ2v) is 6.91. The third-order valence-electron chi connectivity index (χ3n) is 5.30. The van der Waals surface area contributed by atoms with E-state index in [2.05, 4.69) is 10.3 Å². The summed E-state index contributed by atoms with van der Waals surface area (Å²) < 4.78 is 13.0. The Labute approximate surface area is 145 Å². The predicted molar refractivity (Wildman–Crippen MR) is 91.4 cm³/mol. The molecular formula is C19H20FN3O2. The van der Waals surface area contributed by atoms with Crippen molar-refractivity contribution in [3.63, 3.8) is 0 Å². The number of urea groups is 1. The molecule has 2 N–H and O–H groups in total. The summed E-state index contributed by atoms with van der Waals surface area (Å²) in [5, 5.41) is 13.9. The zero-order valence-corrected chi connectivity index (χ0v) is 13.7. The van der Waals surface area contributed by atoms with Crippen LogP contribution in [0.15, 0.2) is 48.8 Å². The SMILES string of the molecule is O=C(Nc1ccc(F)cc1)N1[C@@H]2CC[C@@H]1CC(O)(c1cccnc1)C2. The maximum absolute atomic E-state index is 13.0. The fourth-order valence-corrected chi connectivity index (χ4v) is 4.15. The van der Waals surface area contributed by atoms with Crippen LogP contribution in [0.1, 0.15) is 31.2 Å². The number of nitrogens with one attached hydrogen (secondary N) is 1. The number of aliphatic hydroxyl groups is 1. The average Bonchev–Trinajstić information content (AvgIpc) is 2.90. The summed E-state index contributed by atoms with van der Waals surface area (Å²) in [5.74, 6) is -0.336. The second-order valence-electron chi connectivity index (χ2n) is 6.91. The molecule has 0 radical (unpaired) electrons. The van der Waals surface area contributed by atoms with Gasteiger partial charge in [-0.1, -0.05) is 6.07 Å². The Morgan fingerprint density at radius 3 is 2.48 bits per heavy atom. The number of fused-ring (bicyclic) bond motifs is 2. The Kier molecular flexibility index (Phi) is 3.92. The monoisotopic (exact) mass is 341 g/mol. The van der Waals surface area contributed by atoms with Crippen LogP contribution in [0, 0.1) is 5.82 Å². The molecule has 130 valence electrons. The molecule has 2 aliphatic rings. The number of hydrogen-bond donors (Lipinski definition) is 2. The van der Waals surface area contributed by atoms with Gasteiger partial charge < -0.3 is 15.3 Å². The summed E-state index contributed by atoms with van der Waals surface area (Å²) in [7, 11) is 0. The van der Waals surface area contributed by atoms with Crippen molar-refractivity contribution in [1.29, 1.82) is 0 Å². The van der Waals surface area contributed by atoms with Gasteiger partial charge >= 0.3 is 6.03 Å². The van der Waals surface area contributed by atoms with Crippen molar-refractivity contribution in [2.45, 2.75) is 43.4 Å². The largest absolute Gasteiger partial charge is 0.385 e. The zero-order chi connectivity index (χ0) is 17.4. The van der Waals surface area contributed by atoms with E-state index in [0.717, 1.165) is 18.4 Å². The molecule has 25 heavy (non-hydrogen) atoms. The highest BCUT2D eigenvalue weighted by Crippen LogP contribution is 2.45. The van der Waals surface area contributed by atoms with Crippen LogP contribution in [0.2, 0.25) is 0 Å². The van der Waals surface area contributed by atoms with Crippen molar-refractivity contribution in [3.8, 4) is 0 Å². The minimum atomic E-state index is -0.938. The van der Waals surface area contributed by atoms with Gasteiger partial charge in [-0.25, -0.2) is 9.18 Å². The molecule has 0 saturated carbocycles. The number of hydrogen-bond acceptors (Lipinski definition) is 3. The molecule has 3 heterocycles. The Bertz CT molecular complexity index is 752. The fraction of sp³-hybridized carbons (Fsp3) is 0.368. The van der Waals surface area contributed by atoms with Gasteiger partial charge in [0.1, 0.15) is 5.82 Å². The Balaban J connectivity index is 1.50. The lowest BCUT2D eigenvalue weighted by molar-refractivity contribution is -0.0424. The van der Waals surface area contributed by atoms with Crippen LogP contribution in [-0.4, -0.2) is 33.1 Å². The van der Waals surface area contributed by atoms with Gasteiger partial charge in [-0.05, 0) is 43.2 Å². The van der Waals surface area contributed by atoms with Gasteiger partial charge in [-0.15, -0.1) is 0 Å². The number of piperidine rings is 1. The van der Waals surface area contributed by atoms with Crippen molar-refractivity contribution in [3.05, 3.63) is 60.2 Å². The van der Waals surface area contributed by atoms with Gasteiger partial charge in [0.25, 0.3) is 0 Å². The number of carbonyl (C=O) groups is 1. The molecule has 5 nitrogen and oxygen atoms in total. The van der Waals surface area contributed by atoms with E-state index in [9.17, 15) is 14.3 Å².